The number of fused-ring (bicyclic) bond motifs is 1. The number of pyridine rings is 1. The van der Waals surface area contributed by atoms with Crippen LogP contribution in [0.1, 0.15) is 50.4 Å². The summed E-state index contributed by atoms with van der Waals surface area (Å²) in [6, 6.07) is 16.4. The van der Waals surface area contributed by atoms with E-state index in [9.17, 15) is 19.2 Å². The van der Waals surface area contributed by atoms with Crippen molar-refractivity contribution in [3.05, 3.63) is 88.7 Å². The van der Waals surface area contributed by atoms with Crippen LogP contribution in [0, 0.1) is 6.92 Å². The fraction of sp³-hybridized carbons (Fsp3) is 0.222. The molecule has 2 aromatic carbocycles. The number of nitrogens with zero attached hydrogens (tertiary/aromatic N) is 2. The number of carbonyl (C=O) groups excluding carboxylic acids is 4. The minimum absolute atomic E-state index is 0.215. The molecule has 1 saturated heterocycles. The molecule has 2 aliphatic rings. The number of aryl methyl sites for hydroxylation is 1. The van der Waals surface area contributed by atoms with Gasteiger partial charge in [0.1, 0.15) is 11.7 Å². The van der Waals surface area contributed by atoms with Crippen molar-refractivity contribution >= 4 is 23.6 Å². The largest absolute Gasteiger partial charge is 0.347 e. The van der Waals surface area contributed by atoms with Crippen molar-refractivity contribution in [3.63, 3.8) is 0 Å². The Labute approximate surface area is 202 Å². The first kappa shape index (κ1) is 22.5. The van der Waals surface area contributed by atoms with Crippen molar-refractivity contribution in [3.8, 4) is 11.1 Å². The lowest BCUT2D eigenvalue weighted by Crippen LogP contribution is -2.52. The molecule has 1 aromatic heterocycles. The molecule has 3 aromatic rings. The van der Waals surface area contributed by atoms with Crippen LogP contribution in [-0.2, 0) is 22.7 Å². The standard InChI is InChI=1S/C27H24N4O4/c1-16-13-28-22(12-21(16)18-5-3-2-4-6-18)25(33)29-14-17-7-8-20-19(11-17)15-31(27(20)35)23-9-10-24(32)30-26(23)34/h2-8,11-13,23H,9-10,14-15H2,1H3,(H,29,33)(H,30,32,34). The summed E-state index contributed by atoms with van der Waals surface area (Å²) in [5, 5.41) is 5.21. The summed E-state index contributed by atoms with van der Waals surface area (Å²) in [6.45, 7) is 2.53. The molecule has 0 radical (unpaired) electrons. The second-order valence-corrected chi connectivity index (χ2v) is 8.82. The molecule has 0 saturated carbocycles. The van der Waals surface area contributed by atoms with Crippen molar-refractivity contribution in [2.45, 2.75) is 38.9 Å². The van der Waals surface area contributed by atoms with Gasteiger partial charge >= 0.3 is 0 Å². The molecule has 4 amide bonds. The van der Waals surface area contributed by atoms with Crippen LogP contribution in [0.5, 0.6) is 0 Å². The molecule has 3 heterocycles. The first-order valence-electron chi connectivity index (χ1n) is 11.5. The highest BCUT2D eigenvalue weighted by atomic mass is 16.2. The van der Waals surface area contributed by atoms with Gasteiger partial charge in [-0.2, -0.15) is 0 Å². The van der Waals surface area contributed by atoms with Gasteiger partial charge in [0.05, 0.1) is 0 Å². The van der Waals surface area contributed by atoms with Gasteiger partial charge in [-0.15, -0.1) is 0 Å². The second kappa shape index (κ2) is 9.13. The first-order chi connectivity index (χ1) is 16.9. The summed E-state index contributed by atoms with van der Waals surface area (Å²) in [5.41, 5.74) is 5.46. The number of imide groups is 1. The minimum atomic E-state index is -0.651. The molecule has 8 nitrogen and oxygen atoms in total. The van der Waals surface area contributed by atoms with Gasteiger partial charge in [0.25, 0.3) is 11.8 Å². The molecule has 176 valence electrons. The van der Waals surface area contributed by atoms with Crippen molar-refractivity contribution in [2.24, 2.45) is 0 Å². The van der Waals surface area contributed by atoms with Crippen LogP contribution in [0.3, 0.4) is 0 Å². The molecule has 2 aliphatic heterocycles. The van der Waals surface area contributed by atoms with Gasteiger partial charge in [-0.3, -0.25) is 29.5 Å². The molecule has 35 heavy (non-hydrogen) atoms. The van der Waals surface area contributed by atoms with Crippen molar-refractivity contribution in [1.29, 1.82) is 0 Å². The SMILES string of the molecule is Cc1cnc(C(=O)NCc2ccc3c(c2)CN(C2CCC(=O)NC2=O)C3=O)cc1-c1ccccc1. The third kappa shape index (κ3) is 4.42. The van der Waals surface area contributed by atoms with Gasteiger partial charge in [0.15, 0.2) is 0 Å². The Morgan fingerprint density at radius 3 is 2.66 bits per heavy atom. The molecule has 0 bridgehead atoms. The van der Waals surface area contributed by atoms with Crippen LogP contribution in [0.2, 0.25) is 0 Å². The van der Waals surface area contributed by atoms with Gasteiger partial charge in [-0.25, -0.2) is 0 Å². The van der Waals surface area contributed by atoms with E-state index in [4.69, 9.17) is 0 Å². The highest BCUT2D eigenvalue weighted by Gasteiger charge is 2.39. The Bertz CT molecular complexity index is 1350. The van der Waals surface area contributed by atoms with Crippen LogP contribution >= 0.6 is 0 Å². The third-order valence-electron chi connectivity index (χ3n) is 6.46. The van der Waals surface area contributed by atoms with Crippen molar-refractivity contribution < 1.29 is 19.2 Å². The fourth-order valence-electron chi connectivity index (χ4n) is 4.59. The van der Waals surface area contributed by atoms with Gasteiger partial charge < -0.3 is 10.2 Å². The predicted molar refractivity (Wildman–Crippen MR) is 128 cm³/mol. The Hall–Kier alpha value is -4.33. The van der Waals surface area contributed by atoms with E-state index in [2.05, 4.69) is 15.6 Å². The lowest BCUT2D eigenvalue weighted by atomic mass is 10.0. The van der Waals surface area contributed by atoms with Crippen LogP contribution in [0.4, 0.5) is 0 Å². The second-order valence-electron chi connectivity index (χ2n) is 8.82. The molecule has 5 rings (SSSR count). The lowest BCUT2D eigenvalue weighted by molar-refractivity contribution is -0.136. The van der Waals surface area contributed by atoms with E-state index in [0.717, 1.165) is 27.8 Å². The maximum absolute atomic E-state index is 12.8. The third-order valence-corrected chi connectivity index (χ3v) is 6.46. The molecule has 0 aliphatic carbocycles. The van der Waals surface area contributed by atoms with E-state index >= 15 is 0 Å². The van der Waals surface area contributed by atoms with Crippen molar-refractivity contribution in [1.82, 2.24) is 20.5 Å². The van der Waals surface area contributed by atoms with Crippen LogP contribution in [0.15, 0.2) is 60.8 Å². The number of nitrogens with one attached hydrogen (secondary N) is 2. The van der Waals surface area contributed by atoms with E-state index in [0.29, 0.717) is 24.2 Å². The maximum atomic E-state index is 12.8. The van der Waals surface area contributed by atoms with Gasteiger partial charge in [0.2, 0.25) is 11.8 Å². The smallest absolute Gasteiger partial charge is 0.270 e. The summed E-state index contributed by atoms with van der Waals surface area (Å²) in [7, 11) is 0. The Morgan fingerprint density at radius 2 is 1.89 bits per heavy atom. The topological polar surface area (TPSA) is 108 Å². The van der Waals surface area contributed by atoms with E-state index in [1.165, 1.54) is 4.90 Å². The minimum Gasteiger partial charge on any atom is -0.347 e. The quantitative estimate of drug-likeness (QED) is 0.560. The number of amides is 4. The van der Waals surface area contributed by atoms with E-state index in [1.807, 2.05) is 43.3 Å². The zero-order chi connectivity index (χ0) is 24.5. The molecular formula is C27H24N4O4. The Balaban J connectivity index is 1.27. The van der Waals surface area contributed by atoms with Crippen LogP contribution in [-0.4, -0.2) is 39.6 Å². The molecular weight excluding hydrogens is 444 g/mol. The normalized spacial score (nSPS) is 17.2. The highest BCUT2D eigenvalue weighted by Crippen LogP contribution is 2.28. The van der Waals surface area contributed by atoms with Gasteiger partial charge in [-0.1, -0.05) is 42.5 Å². The zero-order valence-corrected chi connectivity index (χ0v) is 19.2. The lowest BCUT2D eigenvalue weighted by Gasteiger charge is -2.29. The highest BCUT2D eigenvalue weighted by molar-refractivity contribution is 6.05. The number of benzene rings is 2. The number of carbonyl (C=O) groups is 4. The molecule has 1 atom stereocenters. The average molecular weight is 469 g/mol. The maximum Gasteiger partial charge on any atom is 0.270 e. The number of rotatable bonds is 5. The molecule has 2 N–H and O–H groups in total. The van der Waals surface area contributed by atoms with Crippen molar-refractivity contribution in [2.75, 3.05) is 0 Å². The molecule has 0 spiro atoms. The molecule has 1 fully saturated rings. The number of aromatic nitrogens is 1. The van der Waals surface area contributed by atoms with E-state index in [-0.39, 0.29) is 30.7 Å². The van der Waals surface area contributed by atoms with Gasteiger partial charge in [0, 0.05) is 31.3 Å². The van der Waals surface area contributed by atoms with E-state index in [1.54, 1.807) is 24.4 Å². The fourth-order valence-corrected chi connectivity index (χ4v) is 4.59. The summed E-state index contributed by atoms with van der Waals surface area (Å²) in [5.74, 6) is -1.26. The number of piperidine rings is 1. The first-order valence-corrected chi connectivity index (χ1v) is 11.5. The zero-order valence-electron chi connectivity index (χ0n) is 19.2. The predicted octanol–water partition coefficient (Wildman–Crippen LogP) is 2.75. The number of hydrogen-bond donors (Lipinski definition) is 2. The Kier molecular flexibility index (Phi) is 5.86. The van der Waals surface area contributed by atoms with Gasteiger partial charge in [-0.05, 0) is 53.3 Å². The summed E-state index contributed by atoms with van der Waals surface area (Å²) in [6.07, 6.45) is 2.23. The van der Waals surface area contributed by atoms with Crippen LogP contribution in [0.25, 0.3) is 11.1 Å². The summed E-state index contributed by atoms with van der Waals surface area (Å²) < 4.78 is 0. The summed E-state index contributed by atoms with van der Waals surface area (Å²) in [4.78, 5) is 55.1. The summed E-state index contributed by atoms with van der Waals surface area (Å²) >= 11 is 0. The molecule has 8 heteroatoms. The number of hydrogen-bond acceptors (Lipinski definition) is 5. The molecule has 1 unspecified atom stereocenters. The monoisotopic (exact) mass is 468 g/mol. The van der Waals surface area contributed by atoms with Crippen LogP contribution < -0.4 is 10.6 Å². The average Bonchev–Trinajstić information content (AvgIpc) is 3.18. The Morgan fingerprint density at radius 1 is 1.09 bits per heavy atom. The van der Waals surface area contributed by atoms with E-state index < -0.39 is 11.9 Å².